The SMILES string of the molecule is C1=Cc2c(oc3c2=CCCC=3C2=CC(C3NC(c4ccccc4)=NC(c4ccccc4)N3)CC=C2)C(c2ccc3oc4c5ccccc5ccc4c3c2)C1. The van der Waals surface area contributed by atoms with Crippen molar-refractivity contribution in [1.29, 1.82) is 0 Å². The van der Waals surface area contributed by atoms with Gasteiger partial charge in [-0.2, -0.15) is 0 Å². The minimum Gasteiger partial charge on any atom is -0.459 e. The average Bonchev–Trinajstić information content (AvgIpc) is 3.83. The van der Waals surface area contributed by atoms with E-state index in [0.29, 0.717) is 0 Å². The highest BCUT2D eigenvalue weighted by Crippen LogP contribution is 2.40. The van der Waals surface area contributed by atoms with E-state index in [9.17, 15) is 0 Å². The minimum atomic E-state index is -0.141. The molecule has 0 bridgehead atoms. The van der Waals surface area contributed by atoms with Crippen molar-refractivity contribution in [3.05, 3.63) is 184 Å². The Morgan fingerprint density at radius 2 is 1.54 bits per heavy atom. The standard InChI is InChI=1S/C49H39N3O2/c1-3-13-31(14-4-1)47-50-48(32-15-5-2-6-16-32)52-49(51-47)35-18-9-17-33(28-35)37-20-10-22-39-40-23-11-21-38(46(40)54-45(37)39)34-25-27-43-42(29-34)41-26-24-30-12-7-8-19-36(30)44(41)53-43/h1-9,11-17,19,22-29,35,38,47,49,51H,10,18,20-21H2,(H,50,52). The molecule has 5 heteroatoms. The molecule has 2 N–H and O–H groups in total. The molecular weight excluding hydrogens is 663 g/mol. The van der Waals surface area contributed by atoms with Gasteiger partial charge in [0, 0.05) is 49.9 Å². The molecular formula is C49H39N3O2. The minimum absolute atomic E-state index is 0.00196. The summed E-state index contributed by atoms with van der Waals surface area (Å²) in [5, 5.41) is 13.5. The molecule has 7 aromatic rings. The second-order valence-corrected chi connectivity index (χ2v) is 14.9. The molecule has 4 unspecified atom stereocenters. The predicted molar refractivity (Wildman–Crippen MR) is 219 cm³/mol. The number of aliphatic imine (C=N–C) groups is 1. The third-order valence-corrected chi connectivity index (χ3v) is 11.7. The van der Waals surface area contributed by atoms with Crippen molar-refractivity contribution in [2.24, 2.45) is 10.9 Å². The number of nitrogens with zero attached hydrogens (tertiary/aromatic N) is 1. The predicted octanol–water partition coefficient (Wildman–Crippen LogP) is 9.77. The van der Waals surface area contributed by atoms with Gasteiger partial charge < -0.3 is 14.2 Å². The highest BCUT2D eigenvalue weighted by atomic mass is 16.3. The van der Waals surface area contributed by atoms with Crippen molar-refractivity contribution in [3.8, 4) is 0 Å². The summed E-state index contributed by atoms with van der Waals surface area (Å²) < 4.78 is 13.5. The van der Waals surface area contributed by atoms with Crippen LogP contribution in [0.4, 0.5) is 0 Å². The van der Waals surface area contributed by atoms with E-state index in [4.69, 9.17) is 13.8 Å². The number of furan rings is 2. The third-order valence-electron chi connectivity index (χ3n) is 11.7. The monoisotopic (exact) mass is 701 g/mol. The van der Waals surface area contributed by atoms with E-state index in [1.54, 1.807) is 0 Å². The van der Waals surface area contributed by atoms with Crippen LogP contribution < -0.4 is 21.3 Å². The molecule has 4 atom stereocenters. The lowest BCUT2D eigenvalue weighted by Gasteiger charge is -2.36. The highest BCUT2D eigenvalue weighted by molar-refractivity contribution is 6.15. The molecule has 1 aliphatic heterocycles. The van der Waals surface area contributed by atoms with Crippen LogP contribution in [0.5, 0.6) is 0 Å². The van der Waals surface area contributed by atoms with Crippen molar-refractivity contribution in [1.82, 2.24) is 10.6 Å². The van der Waals surface area contributed by atoms with Crippen molar-refractivity contribution < 1.29 is 8.83 Å². The maximum atomic E-state index is 7.06. The maximum absolute atomic E-state index is 7.06. The van der Waals surface area contributed by atoms with Crippen LogP contribution in [0.3, 0.4) is 0 Å². The van der Waals surface area contributed by atoms with Gasteiger partial charge in [0.15, 0.2) is 0 Å². The summed E-state index contributed by atoms with van der Waals surface area (Å²) >= 11 is 0. The molecule has 3 aliphatic carbocycles. The fourth-order valence-electron chi connectivity index (χ4n) is 9.03. The zero-order valence-corrected chi connectivity index (χ0v) is 29.8. The van der Waals surface area contributed by atoms with Crippen molar-refractivity contribution in [2.45, 2.75) is 43.9 Å². The molecule has 0 spiro atoms. The summed E-state index contributed by atoms with van der Waals surface area (Å²) in [6.07, 6.45) is 17.7. The number of allylic oxidation sites excluding steroid dienone is 4. The van der Waals surface area contributed by atoms with E-state index in [2.05, 4.69) is 162 Å². The number of amidine groups is 1. The van der Waals surface area contributed by atoms with E-state index >= 15 is 0 Å². The van der Waals surface area contributed by atoms with Crippen molar-refractivity contribution in [2.75, 3.05) is 0 Å². The van der Waals surface area contributed by atoms with E-state index in [1.165, 1.54) is 32.9 Å². The van der Waals surface area contributed by atoms with Crippen molar-refractivity contribution in [3.63, 3.8) is 0 Å². The van der Waals surface area contributed by atoms with Crippen LogP contribution in [0.15, 0.2) is 159 Å². The largest absolute Gasteiger partial charge is 0.459 e. The van der Waals surface area contributed by atoms with Gasteiger partial charge in [-0.1, -0.05) is 134 Å². The number of hydrogen-bond donors (Lipinski definition) is 2. The normalized spacial score (nSPS) is 22.0. The van der Waals surface area contributed by atoms with Gasteiger partial charge >= 0.3 is 0 Å². The average molecular weight is 702 g/mol. The van der Waals surface area contributed by atoms with Crippen LogP contribution >= 0.6 is 0 Å². The van der Waals surface area contributed by atoms with E-state index < -0.39 is 0 Å². The molecule has 2 aromatic heterocycles. The molecule has 5 nitrogen and oxygen atoms in total. The lowest BCUT2D eigenvalue weighted by atomic mass is 9.85. The number of rotatable bonds is 5. The molecule has 54 heavy (non-hydrogen) atoms. The quantitative estimate of drug-likeness (QED) is 0.188. The molecule has 262 valence electrons. The number of hydrogen-bond acceptors (Lipinski definition) is 5. The van der Waals surface area contributed by atoms with Crippen LogP contribution in [0.2, 0.25) is 0 Å². The van der Waals surface area contributed by atoms with Crippen LogP contribution in [-0.4, -0.2) is 12.0 Å². The Labute approximate surface area is 313 Å². The Bertz CT molecular complexity index is 2860. The highest BCUT2D eigenvalue weighted by Gasteiger charge is 2.31. The summed E-state index contributed by atoms with van der Waals surface area (Å²) in [6.45, 7) is 0. The maximum Gasteiger partial charge on any atom is 0.143 e. The van der Waals surface area contributed by atoms with E-state index in [0.717, 1.165) is 81.1 Å². The first-order valence-electron chi connectivity index (χ1n) is 19.2. The van der Waals surface area contributed by atoms with Gasteiger partial charge in [-0.3, -0.25) is 5.32 Å². The summed E-state index contributed by atoms with van der Waals surface area (Å²) in [6, 6.07) is 40.6. The lowest BCUT2D eigenvalue weighted by molar-refractivity contribution is 0.328. The van der Waals surface area contributed by atoms with Crippen LogP contribution in [0.1, 0.15) is 65.8 Å². The van der Waals surface area contributed by atoms with Gasteiger partial charge in [-0.15, -0.1) is 0 Å². The van der Waals surface area contributed by atoms with E-state index in [-0.39, 0.29) is 24.2 Å². The molecule has 3 heterocycles. The van der Waals surface area contributed by atoms with Crippen LogP contribution in [0.25, 0.3) is 50.4 Å². The Morgan fingerprint density at radius 1 is 0.704 bits per heavy atom. The Kier molecular flexibility index (Phi) is 7.41. The van der Waals surface area contributed by atoms with Gasteiger partial charge in [0.05, 0.1) is 6.17 Å². The lowest BCUT2D eigenvalue weighted by Crippen LogP contribution is -2.54. The first-order chi connectivity index (χ1) is 26.7. The smallest absolute Gasteiger partial charge is 0.143 e. The second kappa shape index (κ2) is 12.8. The zero-order valence-electron chi connectivity index (χ0n) is 29.8. The Hall–Kier alpha value is -6.17. The molecule has 0 saturated heterocycles. The molecule has 0 radical (unpaired) electrons. The van der Waals surface area contributed by atoms with E-state index in [1.807, 2.05) is 0 Å². The Balaban J connectivity index is 0.963. The first-order valence-corrected chi connectivity index (χ1v) is 19.2. The van der Waals surface area contributed by atoms with Gasteiger partial charge in [0.1, 0.15) is 34.3 Å². The van der Waals surface area contributed by atoms with Gasteiger partial charge in [-0.05, 0) is 66.0 Å². The summed E-state index contributed by atoms with van der Waals surface area (Å²) in [5.74, 6) is 2.34. The number of benzene rings is 5. The molecule has 0 fully saturated rings. The van der Waals surface area contributed by atoms with Crippen LogP contribution in [-0.2, 0) is 0 Å². The van der Waals surface area contributed by atoms with Gasteiger partial charge in [-0.25, -0.2) is 4.99 Å². The molecule has 0 amide bonds. The molecule has 4 aliphatic rings. The molecule has 0 saturated carbocycles. The van der Waals surface area contributed by atoms with Crippen molar-refractivity contribution >= 4 is 56.3 Å². The fourth-order valence-corrected chi connectivity index (χ4v) is 9.03. The summed E-state index contributed by atoms with van der Waals surface area (Å²) in [7, 11) is 0. The second-order valence-electron chi connectivity index (χ2n) is 14.9. The summed E-state index contributed by atoms with van der Waals surface area (Å²) in [4.78, 5) is 5.14. The molecule has 11 rings (SSSR count). The van der Waals surface area contributed by atoms with Gasteiger partial charge in [0.25, 0.3) is 0 Å². The Morgan fingerprint density at radius 3 is 2.44 bits per heavy atom. The molecule has 5 aromatic carbocycles. The van der Waals surface area contributed by atoms with Gasteiger partial charge in [0.2, 0.25) is 0 Å². The van der Waals surface area contributed by atoms with Crippen LogP contribution in [0, 0.1) is 5.92 Å². The fraction of sp³-hybridized carbons (Fsp3) is 0.163. The topological polar surface area (TPSA) is 62.7 Å². The first kappa shape index (κ1) is 31.4. The summed E-state index contributed by atoms with van der Waals surface area (Å²) in [5.41, 5.74) is 10.2. The number of fused-ring (bicyclic) bond motifs is 8. The number of nitrogens with one attached hydrogen (secondary N) is 2. The zero-order chi connectivity index (χ0) is 35.6. The third kappa shape index (κ3) is 5.22.